The van der Waals surface area contributed by atoms with Crippen LogP contribution in [0.4, 0.5) is 0 Å². The summed E-state index contributed by atoms with van der Waals surface area (Å²) in [5.74, 6) is 0.276. The lowest BCUT2D eigenvalue weighted by Gasteiger charge is -2.10. The van der Waals surface area contributed by atoms with Crippen molar-refractivity contribution in [2.45, 2.75) is 20.3 Å². The predicted molar refractivity (Wildman–Crippen MR) is 57.8 cm³/mol. The van der Waals surface area contributed by atoms with Crippen LogP contribution in [0.25, 0.3) is 0 Å². The molecule has 0 saturated carbocycles. The zero-order valence-corrected chi connectivity index (χ0v) is 9.32. The third-order valence-corrected chi connectivity index (χ3v) is 2.78. The predicted octanol–water partition coefficient (Wildman–Crippen LogP) is 1.99. The van der Waals surface area contributed by atoms with E-state index in [1.165, 1.54) is 0 Å². The minimum Gasteiger partial charge on any atom is -0.481 e. The number of hydrogen-bond donors (Lipinski definition) is 1. The Morgan fingerprint density at radius 1 is 1.44 bits per heavy atom. The number of aryl methyl sites for hydroxylation is 1. The van der Waals surface area contributed by atoms with E-state index in [2.05, 4.69) is 0 Å². The van der Waals surface area contributed by atoms with Gasteiger partial charge in [-0.25, -0.2) is 0 Å². The zero-order chi connectivity index (χ0) is 11.7. The molecule has 4 nitrogen and oxygen atoms in total. The summed E-state index contributed by atoms with van der Waals surface area (Å²) in [5.41, 5.74) is 2.04. The van der Waals surface area contributed by atoms with Gasteiger partial charge in [-0.15, -0.1) is 0 Å². The molecule has 4 heteroatoms. The third-order valence-electron chi connectivity index (χ3n) is 2.78. The molecule has 1 heterocycles. The summed E-state index contributed by atoms with van der Waals surface area (Å²) in [6.45, 7) is 3.89. The highest BCUT2D eigenvalue weighted by molar-refractivity contribution is 5.70. The molecule has 0 aliphatic carbocycles. The van der Waals surface area contributed by atoms with Gasteiger partial charge in [0.1, 0.15) is 0 Å². The molecule has 0 bridgehead atoms. The largest absolute Gasteiger partial charge is 0.481 e. The fourth-order valence-corrected chi connectivity index (χ4v) is 1.72. The average Bonchev–Trinajstić information content (AvgIpc) is 2.65. The van der Waals surface area contributed by atoms with Crippen molar-refractivity contribution in [3.63, 3.8) is 0 Å². The molecule has 0 fully saturated rings. The topological polar surface area (TPSA) is 55.8 Å². The van der Waals surface area contributed by atoms with Crippen molar-refractivity contribution in [2.24, 2.45) is 5.92 Å². The molecular weight excluding hydrogens is 208 g/mol. The van der Waals surface area contributed by atoms with Crippen molar-refractivity contribution in [3.05, 3.63) is 23.3 Å². The molecule has 1 atom stereocenters. The van der Waals surface area contributed by atoms with Crippen LogP contribution in [0.15, 0.2) is 12.1 Å². The lowest BCUT2D eigenvalue weighted by Crippen LogP contribution is -2.12. The van der Waals surface area contributed by atoms with E-state index in [1.54, 1.807) is 6.92 Å². The second-order valence-corrected chi connectivity index (χ2v) is 4.08. The van der Waals surface area contributed by atoms with E-state index >= 15 is 0 Å². The van der Waals surface area contributed by atoms with E-state index in [4.69, 9.17) is 14.6 Å². The molecule has 0 radical (unpaired) electrons. The van der Waals surface area contributed by atoms with Gasteiger partial charge in [0.25, 0.3) is 0 Å². The Morgan fingerprint density at radius 2 is 2.06 bits per heavy atom. The first-order valence-corrected chi connectivity index (χ1v) is 5.20. The third kappa shape index (κ3) is 1.96. The van der Waals surface area contributed by atoms with E-state index in [9.17, 15) is 4.79 Å². The van der Waals surface area contributed by atoms with Crippen LogP contribution in [0, 0.1) is 12.8 Å². The fraction of sp³-hybridized carbons (Fsp3) is 0.417. The first-order chi connectivity index (χ1) is 7.58. The van der Waals surface area contributed by atoms with Gasteiger partial charge in [0, 0.05) is 0 Å². The monoisotopic (exact) mass is 222 g/mol. The van der Waals surface area contributed by atoms with E-state index in [1.807, 2.05) is 19.1 Å². The van der Waals surface area contributed by atoms with Gasteiger partial charge in [-0.05, 0) is 36.6 Å². The molecule has 1 aromatic rings. The summed E-state index contributed by atoms with van der Waals surface area (Å²) in [7, 11) is 0. The summed E-state index contributed by atoms with van der Waals surface area (Å²) < 4.78 is 10.5. The molecule has 0 aromatic heterocycles. The summed E-state index contributed by atoms with van der Waals surface area (Å²) >= 11 is 0. The first kappa shape index (κ1) is 10.8. The number of hydrogen-bond acceptors (Lipinski definition) is 3. The van der Waals surface area contributed by atoms with Crippen molar-refractivity contribution < 1.29 is 19.4 Å². The van der Waals surface area contributed by atoms with Crippen LogP contribution in [-0.4, -0.2) is 17.9 Å². The Labute approximate surface area is 93.8 Å². The van der Waals surface area contributed by atoms with Crippen molar-refractivity contribution in [1.82, 2.24) is 0 Å². The molecule has 1 aromatic carbocycles. The number of rotatable bonds is 3. The van der Waals surface area contributed by atoms with Crippen LogP contribution in [0.1, 0.15) is 18.1 Å². The number of carboxylic acids is 1. The minimum atomic E-state index is -0.780. The Bertz CT molecular complexity index is 425. The number of aliphatic carboxylic acids is 1. The molecule has 2 rings (SSSR count). The normalized spacial score (nSPS) is 14.9. The van der Waals surface area contributed by atoms with Gasteiger partial charge in [-0.2, -0.15) is 0 Å². The number of ether oxygens (including phenoxy) is 2. The van der Waals surface area contributed by atoms with Crippen LogP contribution < -0.4 is 9.47 Å². The summed E-state index contributed by atoms with van der Waals surface area (Å²) in [4.78, 5) is 10.8. The smallest absolute Gasteiger partial charge is 0.306 e. The quantitative estimate of drug-likeness (QED) is 0.849. The van der Waals surface area contributed by atoms with Gasteiger partial charge in [-0.1, -0.05) is 6.92 Å². The molecule has 16 heavy (non-hydrogen) atoms. The van der Waals surface area contributed by atoms with Gasteiger partial charge in [0.2, 0.25) is 6.79 Å². The molecule has 1 unspecified atom stereocenters. The van der Waals surface area contributed by atoms with Crippen molar-refractivity contribution in [1.29, 1.82) is 0 Å². The van der Waals surface area contributed by atoms with E-state index in [0.717, 1.165) is 16.9 Å². The Hall–Kier alpha value is -1.71. The Kier molecular flexibility index (Phi) is 2.73. The van der Waals surface area contributed by atoms with Gasteiger partial charge in [0.15, 0.2) is 11.5 Å². The molecule has 86 valence electrons. The Balaban J connectivity index is 2.25. The number of fused-ring (bicyclic) bond motifs is 1. The first-order valence-electron chi connectivity index (χ1n) is 5.20. The average molecular weight is 222 g/mol. The highest BCUT2D eigenvalue weighted by atomic mass is 16.7. The van der Waals surface area contributed by atoms with Gasteiger partial charge >= 0.3 is 5.97 Å². The molecule has 0 saturated heterocycles. The molecule has 1 aliphatic rings. The van der Waals surface area contributed by atoms with E-state index in [-0.39, 0.29) is 12.7 Å². The SMILES string of the molecule is Cc1cc2c(cc1CC(C)C(=O)O)OCO2. The number of benzene rings is 1. The summed E-state index contributed by atoms with van der Waals surface area (Å²) in [5, 5.41) is 8.87. The van der Waals surface area contributed by atoms with Gasteiger partial charge in [0.05, 0.1) is 5.92 Å². The highest BCUT2D eigenvalue weighted by Gasteiger charge is 2.18. The maximum atomic E-state index is 10.8. The molecular formula is C12H14O4. The van der Waals surface area contributed by atoms with Crippen LogP contribution in [0.3, 0.4) is 0 Å². The van der Waals surface area contributed by atoms with E-state index in [0.29, 0.717) is 12.2 Å². The van der Waals surface area contributed by atoms with Crippen LogP contribution in [0.5, 0.6) is 11.5 Å². The number of carboxylic acid groups (broad SMARTS) is 1. The fourth-order valence-electron chi connectivity index (χ4n) is 1.72. The molecule has 1 aliphatic heterocycles. The second kappa shape index (κ2) is 4.04. The second-order valence-electron chi connectivity index (χ2n) is 4.08. The summed E-state index contributed by atoms with van der Waals surface area (Å²) in [6.07, 6.45) is 0.512. The maximum Gasteiger partial charge on any atom is 0.306 e. The van der Waals surface area contributed by atoms with Gasteiger partial charge in [-0.3, -0.25) is 4.79 Å². The molecule has 1 N–H and O–H groups in total. The lowest BCUT2D eigenvalue weighted by molar-refractivity contribution is -0.141. The minimum absolute atomic E-state index is 0.243. The maximum absolute atomic E-state index is 10.8. The zero-order valence-electron chi connectivity index (χ0n) is 9.32. The lowest BCUT2D eigenvalue weighted by atomic mass is 9.97. The summed E-state index contributed by atoms with van der Waals surface area (Å²) in [6, 6.07) is 3.77. The van der Waals surface area contributed by atoms with Gasteiger partial charge < -0.3 is 14.6 Å². The number of carbonyl (C=O) groups is 1. The van der Waals surface area contributed by atoms with Crippen LogP contribution >= 0.6 is 0 Å². The van der Waals surface area contributed by atoms with Crippen LogP contribution in [0.2, 0.25) is 0 Å². The van der Waals surface area contributed by atoms with E-state index < -0.39 is 5.97 Å². The Morgan fingerprint density at radius 3 is 2.69 bits per heavy atom. The molecule has 0 amide bonds. The van der Waals surface area contributed by atoms with Crippen molar-refractivity contribution in [2.75, 3.05) is 6.79 Å². The van der Waals surface area contributed by atoms with Crippen molar-refractivity contribution in [3.8, 4) is 11.5 Å². The molecule has 0 spiro atoms. The highest BCUT2D eigenvalue weighted by Crippen LogP contribution is 2.35. The van der Waals surface area contributed by atoms with Crippen LogP contribution in [-0.2, 0) is 11.2 Å². The standard InChI is InChI=1S/C12H14O4/c1-7-4-10-11(16-6-15-10)5-9(7)3-8(2)12(13)14/h4-5,8H,3,6H2,1-2H3,(H,13,14). The van der Waals surface area contributed by atoms with Crippen molar-refractivity contribution >= 4 is 5.97 Å².